The first-order valence-electron chi connectivity index (χ1n) is 4.39. The fourth-order valence-corrected chi connectivity index (χ4v) is 0.718. The Balaban J connectivity index is 4.23. The fraction of sp³-hybridized carbons (Fsp3) is 0.400. The van der Waals surface area contributed by atoms with Crippen molar-refractivity contribution in [3.8, 4) is 0 Å². The van der Waals surface area contributed by atoms with Gasteiger partial charge in [0.2, 0.25) is 0 Å². The molecule has 0 heterocycles. The third-order valence-corrected chi connectivity index (χ3v) is 1.61. The Bertz CT molecular complexity index is 264. The Morgan fingerprint density at radius 2 is 1.25 bits per heavy atom. The molecular formula is C10H14O6. The van der Waals surface area contributed by atoms with E-state index in [1.54, 1.807) is 0 Å². The van der Waals surface area contributed by atoms with E-state index in [1.165, 1.54) is 14.2 Å². The largest absolute Gasteiger partial charge is 0.466 e. The summed E-state index contributed by atoms with van der Waals surface area (Å²) in [5.41, 5.74) is 0. The molecule has 2 atom stereocenters. The molecule has 0 aromatic heterocycles. The highest BCUT2D eigenvalue weighted by atomic mass is 16.5. The van der Waals surface area contributed by atoms with Crippen LogP contribution in [0.2, 0.25) is 0 Å². The lowest BCUT2D eigenvalue weighted by Gasteiger charge is -2.09. The first-order chi connectivity index (χ1) is 7.51. The highest BCUT2D eigenvalue weighted by molar-refractivity contribution is 5.82. The summed E-state index contributed by atoms with van der Waals surface area (Å²) >= 11 is 0. The van der Waals surface area contributed by atoms with Crippen LogP contribution in [0.15, 0.2) is 24.3 Å². The Labute approximate surface area is 92.8 Å². The summed E-state index contributed by atoms with van der Waals surface area (Å²) in [6.45, 7) is 0. The zero-order valence-corrected chi connectivity index (χ0v) is 8.99. The minimum absolute atomic E-state index is 0.650. The number of hydrogen-bond acceptors (Lipinski definition) is 6. The third-order valence-electron chi connectivity index (χ3n) is 1.61. The van der Waals surface area contributed by atoms with E-state index in [1.807, 2.05) is 0 Å². The van der Waals surface area contributed by atoms with E-state index < -0.39 is 24.1 Å². The molecule has 6 nitrogen and oxygen atoms in total. The van der Waals surface area contributed by atoms with Crippen molar-refractivity contribution in [1.29, 1.82) is 0 Å². The zero-order valence-electron chi connectivity index (χ0n) is 8.99. The summed E-state index contributed by atoms with van der Waals surface area (Å²) in [6.07, 6.45) is 1.44. The van der Waals surface area contributed by atoms with E-state index in [0.29, 0.717) is 0 Å². The second-order valence-corrected chi connectivity index (χ2v) is 2.75. The molecule has 0 saturated heterocycles. The van der Waals surface area contributed by atoms with Gasteiger partial charge in [0.25, 0.3) is 0 Å². The second-order valence-electron chi connectivity index (χ2n) is 2.75. The van der Waals surface area contributed by atoms with Crippen LogP contribution in [0.1, 0.15) is 0 Å². The fourth-order valence-electron chi connectivity index (χ4n) is 0.718. The monoisotopic (exact) mass is 230 g/mol. The van der Waals surface area contributed by atoms with Crippen LogP contribution in [0.25, 0.3) is 0 Å². The molecule has 90 valence electrons. The van der Waals surface area contributed by atoms with Gasteiger partial charge in [0.1, 0.15) is 12.2 Å². The maximum absolute atomic E-state index is 10.7. The highest BCUT2D eigenvalue weighted by Gasteiger charge is 2.10. The Hall–Kier alpha value is -1.66. The molecule has 16 heavy (non-hydrogen) atoms. The van der Waals surface area contributed by atoms with E-state index >= 15 is 0 Å². The van der Waals surface area contributed by atoms with Gasteiger partial charge < -0.3 is 19.7 Å². The van der Waals surface area contributed by atoms with Crippen molar-refractivity contribution in [2.24, 2.45) is 0 Å². The van der Waals surface area contributed by atoms with Gasteiger partial charge in [0.05, 0.1) is 14.2 Å². The van der Waals surface area contributed by atoms with Crippen LogP contribution in [-0.4, -0.2) is 48.6 Å². The van der Waals surface area contributed by atoms with Crippen molar-refractivity contribution >= 4 is 11.9 Å². The molecule has 0 aliphatic rings. The number of aliphatic hydroxyl groups excluding tert-OH is 2. The summed E-state index contributed by atoms with van der Waals surface area (Å²) in [6, 6.07) is 0. The van der Waals surface area contributed by atoms with Gasteiger partial charge in [0, 0.05) is 12.2 Å². The molecule has 6 heteroatoms. The lowest BCUT2D eigenvalue weighted by molar-refractivity contribution is -0.135. The predicted molar refractivity (Wildman–Crippen MR) is 54.3 cm³/mol. The van der Waals surface area contributed by atoms with Crippen LogP contribution in [0.3, 0.4) is 0 Å². The number of ether oxygens (including phenoxy) is 2. The van der Waals surface area contributed by atoms with E-state index in [4.69, 9.17) is 0 Å². The smallest absolute Gasteiger partial charge is 0.330 e. The van der Waals surface area contributed by atoms with Crippen LogP contribution < -0.4 is 0 Å². The van der Waals surface area contributed by atoms with Gasteiger partial charge in [-0.1, -0.05) is 0 Å². The van der Waals surface area contributed by atoms with Crippen molar-refractivity contribution in [2.75, 3.05) is 14.2 Å². The van der Waals surface area contributed by atoms with E-state index in [2.05, 4.69) is 9.47 Å². The first kappa shape index (κ1) is 14.3. The summed E-state index contributed by atoms with van der Waals surface area (Å²) < 4.78 is 8.57. The van der Waals surface area contributed by atoms with Gasteiger partial charge in [-0.3, -0.25) is 0 Å². The number of carbonyl (C=O) groups is 2. The third kappa shape index (κ3) is 5.94. The minimum Gasteiger partial charge on any atom is -0.466 e. The van der Waals surface area contributed by atoms with Gasteiger partial charge in [-0.15, -0.1) is 0 Å². The number of carbonyl (C=O) groups excluding carboxylic acids is 2. The standard InChI is InChI=1S/C10H14O6/c1-15-9(13)5-3-7(11)8(12)4-6-10(14)16-2/h3-8,11-12H,1-2H3/b5-3+,6-4?/t7-,8-/m1/s1. The molecular weight excluding hydrogens is 216 g/mol. The van der Waals surface area contributed by atoms with Crippen LogP contribution in [-0.2, 0) is 19.1 Å². The molecule has 2 N–H and O–H groups in total. The summed E-state index contributed by atoms with van der Waals surface area (Å²) in [7, 11) is 2.37. The van der Waals surface area contributed by atoms with Gasteiger partial charge >= 0.3 is 11.9 Å². The number of rotatable bonds is 5. The maximum Gasteiger partial charge on any atom is 0.330 e. The summed E-state index contributed by atoms with van der Waals surface area (Å²) in [5.74, 6) is -1.30. The van der Waals surface area contributed by atoms with E-state index in [0.717, 1.165) is 24.3 Å². The molecule has 0 fully saturated rings. The molecule has 0 bridgehead atoms. The van der Waals surface area contributed by atoms with Crippen LogP contribution >= 0.6 is 0 Å². The molecule has 0 amide bonds. The SMILES string of the molecule is COC(=O)C=C[C@@H](O)[C@H](O)/C=C/C(=O)OC. The molecule has 0 rings (SSSR count). The second kappa shape index (κ2) is 7.61. The average molecular weight is 230 g/mol. The molecule has 0 aromatic rings. The van der Waals surface area contributed by atoms with E-state index in [-0.39, 0.29) is 0 Å². The lowest BCUT2D eigenvalue weighted by Crippen LogP contribution is -2.22. The molecule has 0 aliphatic heterocycles. The first-order valence-corrected chi connectivity index (χ1v) is 4.39. The molecule has 0 radical (unpaired) electrons. The Morgan fingerprint density at radius 3 is 1.50 bits per heavy atom. The van der Waals surface area contributed by atoms with Gasteiger partial charge in [-0.25, -0.2) is 9.59 Å². The Kier molecular flexibility index (Phi) is 6.82. The van der Waals surface area contributed by atoms with Crippen molar-refractivity contribution in [3.63, 3.8) is 0 Å². The van der Waals surface area contributed by atoms with Gasteiger partial charge in [-0.2, -0.15) is 0 Å². The molecule has 0 aliphatic carbocycles. The molecule has 0 spiro atoms. The Morgan fingerprint density at radius 1 is 0.938 bits per heavy atom. The average Bonchev–Trinajstić information content (AvgIpc) is 2.31. The minimum atomic E-state index is -1.31. The molecule has 0 unspecified atom stereocenters. The molecule has 0 saturated carbocycles. The van der Waals surface area contributed by atoms with Crippen molar-refractivity contribution in [1.82, 2.24) is 0 Å². The van der Waals surface area contributed by atoms with Gasteiger partial charge in [-0.05, 0) is 12.2 Å². The lowest BCUT2D eigenvalue weighted by atomic mass is 10.2. The summed E-state index contributed by atoms with van der Waals surface area (Å²) in [5, 5.41) is 18.6. The predicted octanol–water partition coefficient (Wildman–Crippen LogP) is -0.833. The number of methoxy groups -OCH3 is 2. The van der Waals surface area contributed by atoms with Crippen LogP contribution in [0, 0.1) is 0 Å². The van der Waals surface area contributed by atoms with Crippen LogP contribution in [0.5, 0.6) is 0 Å². The van der Waals surface area contributed by atoms with Crippen LogP contribution in [0.4, 0.5) is 0 Å². The molecule has 0 aromatic carbocycles. The normalized spacial score (nSPS) is 15.0. The maximum atomic E-state index is 10.7. The topological polar surface area (TPSA) is 93.1 Å². The van der Waals surface area contributed by atoms with Crippen molar-refractivity contribution < 1.29 is 29.3 Å². The summed E-state index contributed by atoms with van der Waals surface area (Å²) in [4.78, 5) is 21.3. The highest BCUT2D eigenvalue weighted by Crippen LogP contribution is 1.98. The van der Waals surface area contributed by atoms with Crippen molar-refractivity contribution in [3.05, 3.63) is 24.3 Å². The quantitative estimate of drug-likeness (QED) is 0.473. The van der Waals surface area contributed by atoms with Crippen molar-refractivity contribution in [2.45, 2.75) is 12.2 Å². The number of esters is 2. The zero-order chi connectivity index (χ0) is 12.6. The number of aliphatic hydroxyl groups is 2. The number of hydrogen-bond donors (Lipinski definition) is 2. The van der Waals surface area contributed by atoms with Gasteiger partial charge in [0.15, 0.2) is 0 Å². The van der Waals surface area contributed by atoms with E-state index in [9.17, 15) is 19.8 Å².